The van der Waals surface area contributed by atoms with Gasteiger partial charge in [0.15, 0.2) is 29.8 Å². The summed E-state index contributed by atoms with van der Waals surface area (Å²) >= 11 is 0. The molecule has 0 saturated carbocycles. The van der Waals surface area contributed by atoms with Crippen molar-refractivity contribution in [3.63, 3.8) is 0 Å². The first-order valence-corrected chi connectivity index (χ1v) is 46.1. The SMILES string of the molecule is C[C@H](NC(=O)[C@H](CCCN=C(N)N)NC(=O)[C@@H](N)CCCN=C(N)N)C(=O)N[C@H]1CSSC[C@@H](C(=O)N[C@@H](CCCN=C(N)N)C(=O)O)NC(=O)[C@H](CCCNC(N)=O)NC(=O)[C@H](CCCN=C(N)N)NC(=O)[C@H](Cc2ccc(O)cc2)NC(=O)[C@@H]2CCCN2C(=O)[C@@H](CCCCN)NC(=O)[C@H](CCCCN)NC(=O)[C@H](CCCN=C(N)N)NC(=O)[C@H](Cc2ccc(O)cc2)NC1=O. The minimum Gasteiger partial charge on any atom is -0.508 e. The predicted molar refractivity (Wildman–Crippen MR) is 500 cm³/mol. The van der Waals surface area contributed by atoms with Gasteiger partial charge in [-0.05, 0) is 184 Å². The van der Waals surface area contributed by atoms with E-state index in [1.165, 1.54) is 60.4 Å². The highest BCUT2D eigenvalue weighted by Gasteiger charge is 2.42. The first-order valence-electron chi connectivity index (χ1n) is 43.6. The van der Waals surface area contributed by atoms with Crippen LogP contribution in [0.15, 0.2) is 73.5 Å². The number of hydrogen-bond donors (Lipinski definition) is 30. The molecule has 14 atom stereocenters. The van der Waals surface area contributed by atoms with E-state index in [2.05, 4.69) is 94.1 Å². The Hall–Kier alpha value is -13.2. The minimum absolute atomic E-state index is 0.0210. The summed E-state index contributed by atoms with van der Waals surface area (Å²) in [5.74, 6) is -17.5. The van der Waals surface area contributed by atoms with Crippen molar-refractivity contribution in [3.05, 3.63) is 59.7 Å². The lowest BCUT2D eigenvalue weighted by atomic mass is 10.0. The van der Waals surface area contributed by atoms with Crippen molar-refractivity contribution >= 4 is 140 Å². The van der Waals surface area contributed by atoms with Crippen molar-refractivity contribution in [2.24, 2.45) is 105 Å². The predicted octanol–water partition coefficient (Wildman–Crippen LogP) is -9.51. The number of phenols is 2. The number of phenolic OH excluding ortho intramolecular Hbond substituents is 2. The highest BCUT2D eigenvalue weighted by atomic mass is 33.1. The molecule has 0 aromatic heterocycles. The molecule has 133 heavy (non-hydrogen) atoms. The highest BCUT2D eigenvalue weighted by molar-refractivity contribution is 8.76. The van der Waals surface area contributed by atoms with Crippen LogP contribution in [0.5, 0.6) is 11.5 Å². The number of guanidine groups is 5. The lowest BCUT2D eigenvalue weighted by molar-refractivity contribution is -0.142. The summed E-state index contributed by atoms with van der Waals surface area (Å²) in [5, 5.41) is 65.3. The molecule has 15 amide bonds. The molecule has 44 N–H and O–H groups in total. The third-order valence-electron chi connectivity index (χ3n) is 20.8. The monoisotopic (exact) mass is 1910 g/mol. The van der Waals surface area contributed by atoms with Gasteiger partial charge in [0.25, 0.3) is 0 Å². The summed E-state index contributed by atoms with van der Waals surface area (Å²) < 4.78 is 0. The third kappa shape index (κ3) is 44.1. The number of primary amides is 1. The molecule has 51 nitrogen and oxygen atoms in total. The van der Waals surface area contributed by atoms with E-state index in [9.17, 15) is 44.1 Å². The van der Waals surface area contributed by atoms with Crippen molar-refractivity contribution < 1.29 is 87.2 Å². The Morgan fingerprint density at radius 3 is 1.29 bits per heavy atom. The van der Waals surface area contributed by atoms with Crippen molar-refractivity contribution in [1.29, 1.82) is 0 Å². The van der Waals surface area contributed by atoms with Crippen LogP contribution in [0.2, 0.25) is 0 Å². The minimum atomic E-state index is -1.84. The number of carbonyl (C=O) groups is 15. The van der Waals surface area contributed by atoms with E-state index in [1.807, 2.05) is 0 Å². The molecule has 2 heterocycles. The van der Waals surface area contributed by atoms with E-state index in [0.717, 1.165) is 21.6 Å². The summed E-state index contributed by atoms with van der Waals surface area (Å²) in [6, 6.07) is -12.3. The zero-order chi connectivity index (χ0) is 98.7. The molecule has 2 aromatic carbocycles. The number of carbonyl (C=O) groups excluding carboxylic acids is 14. The molecule has 0 spiro atoms. The lowest BCUT2D eigenvalue weighted by Crippen LogP contribution is -2.61. The van der Waals surface area contributed by atoms with Gasteiger partial charge in [-0.15, -0.1) is 0 Å². The van der Waals surface area contributed by atoms with Gasteiger partial charge in [-0.2, -0.15) is 0 Å². The normalized spacial score (nSPS) is 20.8. The van der Waals surface area contributed by atoms with Crippen LogP contribution in [0, 0.1) is 0 Å². The number of hydrogen-bond acceptors (Lipinski definition) is 27. The summed E-state index contributed by atoms with van der Waals surface area (Å²) in [4.78, 5) is 241. The molecule has 2 fully saturated rings. The van der Waals surface area contributed by atoms with Crippen LogP contribution in [0.3, 0.4) is 0 Å². The van der Waals surface area contributed by atoms with E-state index in [0.29, 0.717) is 18.4 Å². The maximum absolute atomic E-state index is 15.5. The van der Waals surface area contributed by atoms with Gasteiger partial charge in [0.2, 0.25) is 76.8 Å². The van der Waals surface area contributed by atoms with Gasteiger partial charge < -0.3 is 170 Å². The van der Waals surface area contributed by atoms with Gasteiger partial charge in [0, 0.05) is 70.2 Å². The van der Waals surface area contributed by atoms with Crippen LogP contribution in [-0.2, 0) is 80.0 Å². The number of urea groups is 1. The number of aliphatic carboxylic acids is 1. The van der Waals surface area contributed by atoms with Gasteiger partial charge in [0.05, 0.1) is 6.04 Å². The number of nitrogens with one attached hydrogen (secondary N) is 13. The van der Waals surface area contributed by atoms with Crippen LogP contribution >= 0.6 is 21.6 Å². The van der Waals surface area contributed by atoms with E-state index in [-0.39, 0.29) is 228 Å². The molecular weight excluding hydrogens is 1780 g/mol. The van der Waals surface area contributed by atoms with Crippen molar-refractivity contribution in [1.82, 2.24) is 74.0 Å². The molecule has 2 aliphatic heterocycles. The van der Waals surface area contributed by atoms with Crippen LogP contribution in [0.25, 0.3) is 0 Å². The second-order valence-electron chi connectivity index (χ2n) is 31.6. The number of carboxylic acids is 1. The Balaban J connectivity index is 2.09. The molecule has 2 aromatic rings. The van der Waals surface area contributed by atoms with Crippen LogP contribution in [0.4, 0.5) is 4.79 Å². The fraction of sp³-hybridized carbons (Fsp3) is 0.600. The Morgan fingerprint density at radius 1 is 0.444 bits per heavy atom. The molecule has 4 rings (SSSR count). The fourth-order valence-electron chi connectivity index (χ4n) is 13.7. The summed E-state index contributed by atoms with van der Waals surface area (Å²) in [6.07, 6.45) is -0.783. The molecule has 0 unspecified atom stereocenters. The quantitative estimate of drug-likeness (QED) is 0.0127. The number of amides is 15. The maximum atomic E-state index is 15.5. The molecular formula is C80H135N33O18S2. The topological polar surface area (TPSA) is 902 Å². The number of aliphatic imine (C=N–C) groups is 5. The number of aromatic hydroxyl groups is 2. The van der Waals surface area contributed by atoms with Gasteiger partial charge >= 0.3 is 12.0 Å². The van der Waals surface area contributed by atoms with Gasteiger partial charge in [0.1, 0.15) is 90.0 Å². The average molecular weight is 1910 g/mol. The first kappa shape index (κ1) is 112. The van der Waals surface area contributed by atoms with E-state index < -0.39 is 191 Å². The summed E-state index contributed by atoms with van der Waals surface area (Å²) in [7, 11) is 1.48. The van der Waals surface area contributed by atoms with Crippen LogP contribution in [-0.4, -0.2) is 294 Å². The molecule has 0 radical (unpaired) electrons. The lowest BCUT2D eigenvalue weighted by Gasteiger charge is -2.31. The zero-order valence-corrected chi connectivity index (χ0v) is 76.2. The molecule has 740 valence electrons. The third-order valence-corrected chi connectivity index (χ3v) is 23.2. The van der Waals surface area contributed by atoms with Crippen LogP contribution < -0.4 is 149 Å². The average Bonchev–Trinajstić information content (AvgIpc) is 1.76. The fourth-order valence-corrected chi connectivity index (χ4v) is 16.0. The summed E-state index contributed by atoms with van der Waals surface area (Å²) in [6.45, 7) is 0.989. The largest absolute Gasteiger partial charge is 0.508 e. The molecule has 53 heteroatoms. The van der Waals surface area contributed by atoms with Crippen molar-refractivity contribution in [3.8, 4) is 11.5 Å². The van der Waals surface area contributed by atoms with Crippen LogP contribution in [0.1, 0.15) is 146 Å². The number of rotatable bonds is 45. The standard InChI is InChI=1S/C80H135N33O18S2/c1-43(101-63(118)50(16-7-33-96-76(86)87)102-62(117)48(83)13-6-32-95-75(84)85)61(116)111-58-41-132-133-42-59(70(125)108-55(74(129)130)20-11-36-99-79(92)93)112-67(122)53(19-10-37-100-80(94)131)104-65(120)52(18-9-35-98-78(90)91)106-69(124)57(40-45-24-28-47(115)29-25-45)110-72(127)60-21-12-38-113(60)73(128)54(15-3-5-31-82)107-66(121)49(14-2-4-30-81)103-64(119)51(17-8-34-97-77(88)89)105-68(123)56(109-71(58)126)39-44-22-26-46(114)27-23-44/h22-29,43,48-60,114-115H,2-21,30-42,81-83H2,1H3,(H,101,118)(H,102,117)(H,103,119)(H,104,120)(H,105,123)(H,106,124)(H,107,121)(H,108,125)(H,109,126)(H,110,127)(H,111,116)(H,112,122)(H,129,130)(H4,84,85,95)(H4,86,87,96)(H4,88,89,97)(H4,90,91,98)(H4,92,93,99)(H3,94,100,131)/t43-,48-,49-,50-,51-,52-,53-,54+,55-,56-,57-,58-,59-,60-/m0/s1. The van der Waals surface area contributed by atoms with E-state index in [1.54, 1.807) is 0 Å². The van der Waals surface area contributed by atoms with Gasteiger partial charge in [-0.3, -0.25) is 87.3 Å². The van der Waals surface area contributed by atoms with Gasteiger partial charge in [-0.25, -0.2) is 9.59 Å². The smallest absolute Gasteiger partial charge is 0.326 e. The number of carboxylic acid groups (broad SMARTS) is 1. The molecule has 2 aliphatic rings. The zero-order valence-electron chi connectivity index (χ0n) is 74.6. The number of benzene rings is 2. The second kappa shape index (κ2) is 60.7. The van der Waals surface area contributed by atoms with Gasteiger partial charge in [-0.1, -0.05) is 45.9 Å². The second-order valence-corrected chi connectivity index (χ2v) is 34.1. The first-order chi connectivity index (χ1) is 63.2. The Labute approximate surface area is 777 Å². The molecule has 0 bridgehead atoms. The van der Waals surface area contributed by atoms with E-state index >= 15 is 43.2 Å². The Bertz CT molecular complexity index is 4310. The van der Waals surface area contributed by atoms with Crippen molar-refractivity contribution in [2.75, 3.05) is 70.4 Å². The Morgan fingerprint density at radius 2 is 0.835 bits per heavy atom. The Kier molecular flexibility index (Phi) is 51.2. The summed E-state index contributed by atoms with van der Waals surface area (Å²) in [5.41, 5.74) is 80.1. The molecule has 0 aliphatic carbocycles. The van der Waals surface area contributed by atoms with E-state index in [4.69, 9.17) is 80.3 Å². The maximum Gasteiger partial charge on any atom is 0.326 e. The highest BCUT2D eigenvalue weighted by Crippen LogP contribution is 2.26. The molecule has 2 saturated heterocycles. The number of unbranched alkanes of at least 4 members (excludes halogenated alkanes) is 2. The van der Waals surface area contributed by atoms with Crippen molar-refractivity contribution in [2.45, 2.75) is 233 Å². The number of nitrogens with zero attached hydrogens (tertiary/aromatic N) is 6. The number of fused-ring (bicyclic) bond motifs is 1. The number of nitrogens with two attached hydrogens (primary N) is 14.